The Morgan fingerprint density at radius 1 is 0.971 bits per heavy atom. The Morgan fingerprint density at radius 2 is 1.74 bits per heavy atom. The molecule has 0 N–H and O–H groups in total. The van der Waals surface area contributed by atoms with Gasteiger partial charge in [0.15, 0.2) is 0 Å². The number of nitrogens with zero attached hydrogens (tertiary/aromatic N) is 5. The number of piperidine rings is 1. The van der Waals surface area contributed by atoms with Crippen LogP contribution in [0.1, 0.15) is 24.3 Å². The van der Waals surface area contributed by atoms with Crippen molar-refractivity contribution in [3.05, 3.63) is 66.1 Å². The summed E-state index contributed by atoms with van der Waals surface area (Å²) >= 11 is 0. The van der Waals surface area contributed by atoms with E-state index in [2.05, 4.69) is 44.2 Å². The van der Waals surface area contributed by atoms with Gasteiger partial charge in [0, 0.05) is 44.8 Å². The van der Waals surface area contributed by atoms with Crippen molar-refractivity contribution < 1.29 is 14.1 Å². The minimum atomic E-state index is 0.0991. The molecule has 1 unspecified atom stereocenters. The topological polar surface area (TPSA) is 74.9 Å². The molecule has 1 amide bonds. The lowest BCUT2D eigenvalue weighted by molar-refractivity contribution is -0.139. The van der Waals surface area contributed by atoms with Crippen LogP contribution >= 0.6 is 0 Å². The summed E-state index contributed by atoms with van der Waals surface area (Å²) in [6.45, 7) is 6.54. The summed E-state index contributed by atoms with van der Waals surface area (Å²) in [6, 6.07) is 18.1. The van der Waals surface area contributed by atoms with Crippen LogP contribution in [-0.2, 0) is 17.9 Å². The number of carbonyl (C=O) groups is 1. The van der Waals surface area contributed by atoms with Gasteiger partial charge in [-0.3, -0.25) is 14.6 Å². The fourth-order valence-electron chi connectivity index (χ4n) is 4.99. The lowest BCUT2D eigenvalue weighted by atomic mass is 9.95. The van der Waals surface area contributed by atoms with Gasteiger partial charge < -0.3 is 14.2 Å². The van der Waals surface area contributed by atoms with E-state index in [1.807, 2.05) is 35.2 Å². The molecule has 5 rings (SSSR count). The Labute approximate surface area is 206 Å². The van der Waals surface area contributed by atoms with Crippen LogP contribution in [0.25, 0.3) is 11.4 Å². The summed E-state index contributed by atoms with van der Waals surface area (Å²) in [7, 11) is 1.64. The van der Waals surface area contributed by atoms with Crippen molar-refractivity contribution in [3.8, 4) is 17.1 Å². The van der Waals surface area contributed by atoms with Crippen LogP contribution in [0.5, 0.6) is 5.75 Å². The van der Waals surface area contributed by atoms with Crippen molar-refractivity contribution in [2.24, 2.45) is 5.92 Å². The second kappa shape index (κ2) is 11.0. The number of methoxy groups -OCH3 is 1. The summed E-state index contributed by atoms with van der Waals surface area (Å²) in [6.07, 6.45) is 2.07. The molecule has 184 valence electrons. The number of likely N-dealkylation sites (tertiary alicyclic amines) is 1. The maximum absolute atomic E-state index is 13.3. The number of piperazine rings is 1. The first-order chi connectivity index (χ1) is 17.2. The second-order valence-electron chi connectivity index (χ2n) is 9.40. The maximum Gasteiger partial charge on any atom is 0.241 e. The number of hydrogen-bond acceptors (Lipinski definition) is 7. The standard InChI is InChI=1S/C27H33N5O3/c1-34-24-11-9-22(10-12-24)26-28-25(35-29-26)20-30-14-16-32(17-15-30)27(33)23-8-5-13-31(19-23)18-21-6-3-2-4-7-21/h2-4,6-7,9-12,23H,5,8,13-20H2,1H3. The maximum atomic E-state index is 13.3. The Morgan fingerprint density at radius 3 is 2.49 bits per heavy atom. The highest BCUT2D eigenvalue weighted by atomic mass is 16.5. The molecule has 2 fully saturated rings. The van der Waals surface area contributed by atoms with Gasteiger partial charge in [-0.05, 0) is 49.2 Å². The third kappa shape index (κ3) is 5.89. The van der Waals surface area contributed by atoms with Crippen molar-refractivity contribution in [2.45, 2.75) is 25.9 Å². The van der Waals surface area contributed by atoms with E-state index in [1.165, 1.54) is 5.56 Å². The zero-order chi connectivity index (χ0) is 24.0. The van der Waals surface area contributed by atoms with Crippen LogP contribution in [0.3, 0.4) is 0 Å². The van der Waals surface area contributed by atoms with Crippen molar-refractivity contribution in [3.63, 3.8) is 0 Å². The third-order valence-corrected chi connectivity index (χ3v) is 6.96. The summed E-state index contributed by atoms with van der Waals surface area (Å²) in [5.74, 6) is 2.37. The molecule has 2 aliphatic rings. The highest BCUT2D eigenvalue weighted by molar-refractivity contribution is 5.79. The number of aromatic nitrogens is 2. The summed E-state index contributed by atoms with van der Waals surface area (Å²) < 4.78 is 10.7. The monoisotopic (exact) mass is 475 g/mol. The Bertz CT molecular complexity index is 1090. The minimum absolute atomic E-state index is 0.0991. The number of hydrogen-bond donors (Lipinski definition) is 0. The first-order valence-corrected chi connectivity index (χ1v) is 12.4. The zero-order valence-corrected chi connectivity index (χ0v) is 20.3. The molecule has 2 aromatic carbocycles. The molecule has 2 saturated heterocycles. The molecule has 8 nitrogen and oxygen atoms in total. The van der Waals surface area contributed by atoms with Gasteiger partial charge in [-0.2, -0.15) is 4.98 Å². The van der Waals surface area contributed by atoms with Crippen LogP contribution in [-0.4, -0.2) is 77.1 Å². The summed E-state index contributed by atoms with van der Waals surface area (Å²) in [4.78, 5) is 24.6. The highest BCUT2D eigenvalue weighted by Crippen LogP contribution is 2.23. The molecule has 0 aliphatic carbocycles. The molecule has 0 radical (unpaired) electrons. The molecule has 0 saturated carbocycles. The lowest BCUT2D eigenvalue weighted by Crippen LogP contribution is -2.52. The largest absolute Gasteiger partial charge is 0.497 e. The van der Waals surface area contributed by atoms with E-state index in [0.717, 1.165) is 70.0 Å². The molecule has 8 heteroatoms. The van der Waals surface area contributed by atoms with Gasteiger partial charge in [0.2, 0.25) is 17.6 Å². The zero-order valence-electron chi connectivity index (χ0n) is 20.3. The number of rotatable bonds is 7. The fourth-order valence-corrected chi connectivity index (χ4v) is 4.99. The smallest absolute Gasteiger partial charge is 0.241 e. The molecule has 35 heavy (non-hydrogen) atoms. The van der Waals surface area contributed by atoms with Gasteiger partial charge in [-0.15, -0.1) is 0 Å². The van der Waals surface area contributed by atoms with E-state index in [4.69, 9.17) is 9.26 Å². The Balaban J connectivity index is 1.10. The van der Waals surface area contributed by atoms with Crippen molar-refractivity contribution in [1.29, 1.82) is 0 Å². The van der Waals surface area contributed by atoms with Crippen LogP contribution in [0.2, 0.25) is 0 Å². The van der Waals surface area contributed by atoms with Gasteiger partial charge in [-0.25, -0.2) is 0 Å². The summed E-state index contributed by atoms with van der Waals surface area (Å²) in [5.41, 5.74) is 2.20. The molecular formula is C27H33N5O3. The van der Waals surface area contributed by atoms with Crippen LogP contribution in [0.4, 0.5) is 0 Å². The Kier molecular flexibility index (Phi) is 7.39. The quantitative estimate of drug-likeness (QED) is 0.519. The van der Waals surface area contributed by atoms with E-state index in [0.29, 0.717) is 24.2 Å². The van der Waals surface area contributed by atoms with E-state index >= 15 is 0 Å². The molecule has 1 atom stereocenters. The minimum Gasteiger partial charge on any atom is -0.497 e. The second-order valence-corrected chi connectivity index (χ2v) is 9.40. The van der Waals surface area contributed by atoms with Crippen LogP contribution in [0.15, 0.2) is 59.1 Å². The molecule has 0 bridgehead atoms. The first-order valence-electron chi connectivity index (χ1n) is 12.4. The van der Waals surface area contributed by atoms with Gasteiger partial charge in [-0.1, -0.05) is 35.5 Å². The van der Waals surface area contributed by atoms with Gasteiger partial charge in [0.1, 0.15) is 5.75 Å². The van der Waals surface area contributed by atoms with Crippen molar-refractivity contribution in [1.82, 2.24) is 24.8 Å². The van der Waals surface area contributed by atoms with Crippen LogP contribution in [0, 0.1) is 5.92 Å². The SMILES string of the molecule is COc1ccc(-c2noc(CN3CCN(C(=O)C4CCCN(Cc5ccccc5)C4)CC3)n2)cc1. The van der Waals surface area contributed by atoms with Crippen LogP contribution < -0.4 is 4.74 Å². The fraction of sp³-hybridized carbons (Fsp3) is 0.444. The van der Waals surface area contributed by atoms with Gasteiger partial charge in [0.05, 0.1) is 19.6 Å². The molecule has 0 spiro atoms. The predicted octanol–water partition coefficient (Wildman–Crippen LogP) is 3.30. The van der Waals surface area contributed by atoms with Gasteiger partial charge in [0.25, 0.3) is 0 Å². The van der Waals surface area contributed by atoms with Crippen molar-refractivity contribution in [2.75, 3.05) is 46.4 Å². The average molecular weight is 476 g/mol. The lowest BCUT2D eigenvalue weighted by Gasteiger charge is -2.38. The molecule has 2 aliphatic heterocycles. The van der Waals surface area contributed by atoms with Crippen molar-refractivity contribution >= 4 is 5.91 Å². The van der Waals surface area contributed by atoms with E-state index in [-0.39, 0.29) is 5.92 Å². The predicted molar refractivity (Wildman–Crippen MR) is 133 cm³/mol. The average Bonchev–Trinajstić information content (AvgIpc) is 3.38. The number of amides is 1. The number of benzene rings is 2. The molecule has 3 heterocycles. The summed E-state index contributed by atoms with van der Waals surface area (Å²) in [5, 5.41) is 4.13. The van der Waals surface area contributed by atoms with Gasteiger partial charge >= 0.3 is 0 Å². The Hall–Kier alpha value is -3.23. The molecule has 3 aromatic rings. The molecular weight excluding hydrogens is 442 g/mol. The highest BCUT2D eigenvalue weighted by Gasteiger charge is 2.31. The number of carbonyl (C=O) groups excluding carboxylic acids is 1. The normalized spacial score (nSPS) is 19.6. The third-order valence-electron chi connectivity index (χ3n) is 6.96. The molecule has 1 aromatic heterocycles. The van der Waals surface area contributed by atoms with E-state index < -0.39 is 0 Å². The van der Waals surface area contributed by atoms with E-state index in [1.54, 1.807) is 7.11 Å². The van der Waals surface area contributed by atoms with E-state index in [9.17, 15) is 4.79 Å². The first kappa shape index (κ1) is 23.5. The number of ether oxygens (including phenoxy) is 1.